The Hall–Kier alpha value is -3.66. The van der Waals surface area contributed by atoms with Crippen LogP contribution in [0.15, 0.2) is 36.4 Å². The molecule has 1 spiro atoms. The average Bonchev–Trinajstić information content (AvgIpc) is 2.71. The van der Waals surface area contributed by atoms with E-state index < -0.39 is 5.97 Å². The fraction of sp³-hybridized carbons (Fsp3) is 0.360. The molecule has 2 aromatic carbocycles. The van der Waals surface area contributed by atoms with Gasteiger partial charge in [0.05, 0.1) is 22.6 Å². The van der Waals surface area contributed by atoms with Crippen molar-refractivity contribution in [3.05, 3.63) is 58.8 Å². The number of para-hydroxylation sites is 1. The number of carbonyl (C=O) groups is 1. The van der Waals surface area contributed by atoms with E-state index in [4.69, 9.17) is 4.98 Å². The van der Waals surface area contributed by atoms with Gasteiger partial charge in [0.15, 0.2) is 11.5 Å². The molecule has 0 amide bonds. The number of aromatic nitrogens is 2. The van der Waals surface area contributed by atoms with E-state index in [1.54, 1.807) is 18.2 Å². The number of aryl methyl sites for hydroxylation is 1. The van der Waals surface area contributed by atoms with Crippen molar-refractivity contribution in [2.45, 2.75) is 39.2 Å². The molecule has 5 rings (SSSR count). The first-order valence-electron chi connectivity index (χ1n) is 11.0. The molecule has 3 aromatic rings. The van der Waals surface area contributed by atoms with Gasteiger partial charge in [-0.15, -0.1) is 0 Å². The van der Waals surface area contributed by atoms with Gasteiger partial charge in [0.2, 0.25) is 0 Å². The maximum Gasteiger partial charge on any atom is 0.337 e. The number of carboxylic acid groups (broad SMARTS) is 1. The van der Waals surface area contributed by atoms with E-state index >= 15 is 0 Å². The SMILES string of the molecule is Cc1cc([C@@H](C)Nc2ccccc2C(=O)O)c2nc(N3CC4(CCC4)C3)c(C#N)nc2c1. The fourth-order valence-electron chi connectivity index (χ4n) is 4.96. The zero-order valence-electron chi connectivity index (χ0n) is 18.2. The van der Waals surface area contributed by atoms with Gasteiger partial charge in [-0.3, -0.25) is 0 Å². The van der Waals surface area contributed by atoms with Crippen LogP contribution >= 0.6 is 0 Å². The minimum absolute atomic E-state index is 0.206. The average molecular weight is 428 g/mol. The molecule has 2 aliphatic rings. The number of hydrogen-bond acceptors (Lipinski definition) is 6. The van der Waals surface area contributed by atoms with Gasteiger partial charge >= 0.3 is 5.97 Å². The van der Waals surface area contributed by atoms with Crippen molar-refractivity contribution in [3.63, 3.8) is 0 Å². The smallest absolute Gasteiger partial charge is 0.337 e. The molecule has 1 aliphatic carbocycles. The lowest BCUT2D eigenvalue weighted by molar-refractivity contribution is 0.0698. The van der Waals surface area contributed by atoms with E-state index in [2.05, 4.69) is 27.3 Å². The Morgan fingerprint density at radius 1 is 1.25 bits per heavy atom. The predicted molar refractivity (Wildman–Crippen MR) is 123 cm³/mol. The van der Waals surface area contributed by atoms with E-state index in [9.17, 15) is 15.2 Å². The first-order chi connectivity index (χ1) is 15.4. The minimum Gasteiger partial charge on any atom is -0.478 e. The summed E-state index contributed by atoms with van der Waals surface area (Å²) in [6, 6.07) is 12.9. The van der Waals surface area contributed by atoms with E-state index in [-0.39, 0.29) is 11.6 Å². The second-order valence-electron chi connectivity index (χ2n) is 9.16. The lowest BCUT2D eigenvalue weighted by Crippen LogP contribution is -2.60. The second kappa shape index (κ2) is 7.49. The predicted octanol–water partition coefficient (Wildman–Crippen LogP) is 4.67. The van der Waals surface area contributed by atoms with Crippen molar-refractivity contribution >= 4 is 28.5 Å². The van der Waals surface area contributed by atoms with Gasteiger partial charge < -0.3 is 15.3 Å². The van der Waals surface area contributed by atoms with Gasteiger partial charge in [-0.05, 0) is 50.5 Å². The third-order valence-electron chi connectivity index (χ3n) is 6.79. The van der Waals surface area contributed by atoms with Gasteiger partial charge in [0.25, 0.3) is 0 Å². The maximum absolute atomic E-state index is 11.6. The van der Waals surface area contributed by atoms with Crippen molar-refractivity contribution < 1.29 is 9.90 Å². The highest BCUT2D eigenvalue weighted by Gasteiger charge is 2.48. The summed E-state index contributed by atoms with van der Waals surface area (Å²) in [4.78, 5) is 23.4. The van der Waals surface area contributed by atoms with Crippen molar-refractivity contribution in [1.29, 1.82) is 5.26 Å². The zero-order chi connectivity index (χ0) is 22.5. The summed E-state index contributed by atoms with van der Waals surface area (Å²) in [7, 11) is 0. The molecule has 7 heteroatoms. The summed E-state index contributed by atoms with van der Waals surface area (Å²) in [5.74, 6) is -0.321. The van der Waals surface area contributed by atoms with E-state index in [1.165, 1.54) is 19.3 Å². The Morgan fingerprint density at radius 2 is 2.00 bits per heavy atom. The summed E-state index contributed by atoms with van der Waals surface area (Å²) >= 11 is 0. The monoisotopic (exact) mass is 427 g/mol. The van der Waals surface area contributed by atoms with Crippen LogP contribution in [-0.2, 0) is 0 Å². The lowest BCUT2D eigenvalue weighted by atomic mass is 9.63. The number of rotatable bonds is 5. The Labute approximate surface area is 186 Å². The van der Waals surface area contributed by atoms with Gasteiger partial charge in [-0.2, -0.15) is 5.26 Å². The summed E-state index contributed by atoms with van der Waals surface area (Å²) in [5.41, 5.74) is 4.91. The first-order valence-corrected chi connectivity index (χ1v) is 11.0. The molecule has 7 nitrogen and oxygen atoms in total. The molecule has 32 heavy (non-hydrogen) atoms. The molecule has 0 radical (unpaired) electrons. The fourth-order valence-corrected chi connectivity index (χ4v) is 4.96. The summed E-state index contributed by atoms with van der Waals surface area (Å²) < 4.78 is 0. The van der Waals surface area contributed by atoms with E-state index in [0.29, 0.717) is 28.1 Å². The normalized spacial score (nSPS) is 17.3. The quantitative estimate of drug-likeness (QED) is 0.610. The number of nitrogens with zero attached hydrogens (tertiary/aromatic N) is 4. The molecule has 0 unspecified atom stereocenters. The standard InChI is InChI=1S/C25H25N5O2/c1-15-10-18(16(2)27-19-7-4-3-6-17(19)24(31)32)22-20(11-15)28-21(12-26)23(29-22)30-13-25(14-30)8-5-9-25/h3-4,6-7,10-11,16,27H,5,8-9,13-14H2,1-2H3,(H,31,32)/t16-/m1/s1. The van der Waals surface area contributed by atoms with Gasteiger partial charge in [-0.25, -0.2) is 14.8 Å². The van der Waals surface area contributed by atoms with Crippen LogP contribution in [0.25, 0.3) is 11.0 Å². The largest absolute Gasteiger partial charge is 0.478 e. The molecule has 0 bridgehead atoms. The first kappa shape index (κ1) is 20.3. The van der Waals surface area contributed by atoms with Crippen LogP contribution in [0.2, 0.25) is 0 Å². The van der Waals surface area contributed by atoms with Crippen LogP contribution in [0.5, 0.6) is 0 Å². The van der Waals surface area contributed by atoms with Crippen LogP contribution in [-0.4, -0.2) is 34.1 Å². The number of carboxylic acids is 1. The molecule has 1 aliphatic heterocycles. The number of hydrogen-bond donors (Lipinski definition) is 2. The highest BCUT2D eigenvalue weighted by Crippen LogP contribution is 2.49. The van der Waals surface area contributed by atoms with Gasteiger partial charge in [0.1, 0.15) is 6.07 Å². The molecular formula is C25H25N5O2. The third-order valence-corrected chi connectivity index (χ3v) is 6.79. The summed E-state index contributed by atoms with van der Waals surface area (Å²) in [6.45, 7) is 5.84. The molecule has 162 valence electrons. The highest BCUT2D eigenvalue weighted by molar-refractivity contribution is 5.94. The van der Waals surface area contributed by atoms with Crippen LogP contribution in [0.3, 0.4) is 0 Å². The highest BCUT2D eigenvalue weighted by atomic mass is 16.4. The number of benzene rings is 2. The molecule has 2 heterocycles. The Morgan fingerprint density at radius 3 is 2.66 bits per heavy atom. The van der Waals surface area contributed by atoms with Gasteiger partial charge in [-0.1, -0.05) is 24.6 Å². The number of anilines is 2. The number of nitriles is 1. The Kier molecular flexibility index (Phi) is 4.74. The second-order valence-corrected chi connectivity index (χ2v) is 9.16. The van der Waals surface area contributed by atoms with Gasteiger partial charge in [0, 0.05) is 29.8 Å². The zero-order valence-corrected chi connectivity index (χ0v) is 18.2. The maximum atomic E-state index is 11.6. The minimum atomic E-state index is -0.974. The summed E-state index contributed by atoms with van der Waals surface area (Å²) in [5, 5.41) is 22.6. The summed E-state index contributed by atoms with van der Waals surface area (Å²) in [6.07, 6.45) is 3.79. The van der Waals surface area contributed by atoms with Crippen LogP contribution in [0.4, 0.5) is 11.5 Å². The lowest BCUT2D eigenvalue weighted by Gasteiger charge is -2.56. The van der Waals surface area contributed by atoms with E-state index in [0.717, 1.165) is 29.7 Å². The molecular weight excluding hydrogens is 402 g/mol. The molecule has 2 fully saturated rings. The number of aromatic carboxylic acids is 1. The number of nitrogens with one attached hydrogen (secondary N) is 1. The van der Waals surface area contributed by atoms with Crippen LogP contribution in [0.1, 0.15) is 59.4 Å². The van der Waals surface area contributed by atoms with Crippen molar-refractivity contribution in [3.8, 4) is 6.07 Å². The van der Waals surface area contributed by atoms with Crippen LogP contribution in [0, 0.1) is 23.7 Å². The molecule has 2 N–H and O–H groups in total. The van der Waals surface area contributed by atoms with Crippen LogP contribution < -0.4 is 10.2 Å². The molecule has 1 saturated heterocycles. The Bertz CT molecular complexity index is 1270. The topological polar surface area (TPSA) is 102 Å². The molecule has 1 aromatic heterocycles. The van der Waals surface area contributed by atoms with Crippen molar-refractivity contribution in [1.82, 2.24) is 9.97 Å². The van der Waals surface area contributed by atoms with Crippen molar-refractivity contribution in [2.75, 3.05) is 23.3 Å². The number of fused-ring (bicyclic) bond motifs is 1. The van der Waals surface area contributed by atoms with E-state index in [1.807, 2.05) is 26.0 Å². The Balaban J connectivity index is 1.55. The molecule has 1 saturated carbocycles. The van der Waals surface area contributed by atoms with Crippen molar-refractivity contribution in [2.24, 2.45) is 5.41 Å². The third kappa shape index (κ3) is 3.32. The molecule has 1 atom stereocenters.